The van der Waals surface area contributed by atoms with E-state index in [0.29, 0.717) is 6.54 Å². The lowest BCUT2D eigenvalue weighted by Gasteiger charge is -2.17. The van der Waals surface area contributed by atoms with Crippen LogP contribution in [0.2, 0.25) is 0 Å². The Morgan fingerprint density at radius 2 is 2.29 bits per heavy atom. The highest BCUT2D eigenvalue weighted by molar-refractivity contribution is 5.78. The monoisotopic (exact) mass is 287 g/mol. The van der Waals surface area contributed by atoms with E-state index in [9.17, 15) is 4.79 Å². The predicted octanol–water partition coefficient (Wildman–Crippen LogP) is 3.84. The minimum absolute atomic E-state index is 0.138. The molecule has 1 amide bonds. The SMILES string of the molecule is CCCCOc1cccc(CNC(=O)[C@@H]2CC=CCC2)c1. The van der Waals surface area contributed by atoms with Gasteiger partial charge in [0, 0.05) is 12.5 Å². The van der Waals surface area contributed by atoms with Gasteiger partial charge in [-0.25, -0.2) is 0 Å². The van der Waals surface area contributed by atoms with Gasteiger partial charge in [0.15, 0.2) is 0 Å². The fraction of sp³-hybridized carbons (Fsp3) is 0.500. The van der Waals surface area contributed by atoms with Crippen LogP contribution in [0.15, 0.2) is 36.4 Å². The molecule has 0 spiro atoms. The number of carbonyl (C=O) groups excluding carboxylic acids is 1. The summed E-state index contributed by atoms with van der Waals surface area (Å²) in [5, 5.41) is 3.03. The van der Waals surface area contributed by atoms with Crippen LogP contribution in [0.1, 0.15) is 44.6 Å². The van der Waals surface area contributed by atoms with E-state index in [4.69, 9.17) is 4.74 Å². The maximum absolute atomic E-state index is 12.1. The first-order valence-corrected chi connectivity index (χ1v) is 7.94. The molecule has 0 radical (unpaired) electrons. The number of carbonyl (C=O) groups is 1. The van der Waals surface area contributed by atoms with Gasteiger partial charge in [0.25, 0.3) is 0 Å². The molecule has 1 N–H and O–H groups in total. The third kappa shape index (κ3) is 5.25. The van der Waals surface area contributed by atoms with Crippen molar-refractivity contribution in [2.75, 3.05) is 6.61 Å². The van der Waals surface area contributed by atoms with E-state index in [1.165, 1.54) is 0 Å². The van der Waals surface area contributed by atoms with Crippen molar-refractivity contribution >= 4 is 5.91 Å². The lowest BCUT2D eigenvalue weighted by atomic mass is 9.93. The van der Waals surface area contributed by atoms with Gasteiger partial charge in [-0.15, -0.1) is 0 Å². The molecule has 1 atom stereocenters. The molecule has 0 saturated carbocycles. The van der Waals surface area contributed by atoms with Crippen LogP contribution < -0.4 is 10.1 Å². The van der Waals surface area contributed by atoms with E-state index < -0.39 is 0 Å². The van der Waals surface area contributed by atoms with Crippen LogP contribution in [0.4, 0.5) is 0 Å². The molecule has 3 heteroatoms. The van der Waals surface area contributed by atoms with Gasteiger partial charge in [0.05, 0.1) is 6.61 Å². The van der Waals surface area contributed by atoms with Gasteiger partial charge in [0.2, 0.25) is 5.91 Å². The Hall–Kier alpha value is -1.77. The quantitative estimate of drug-likeness (QED) is 0.611. The molecular weight excluding hydrogens is 262 g/mol. The third-order valence-corrected chi connectivity index (χ3v) is 3.77. The second-order valence-corrected chi connectivity index (χ2v) is 5.55. The van der Waals surface area contributed by atoms with Crippen molar-refractivity contribution in [3.05, 3.63) is 42.0 Å². The van der Waals surface area contributed by atoms with Crippen molar-refractivity contribution in [3.63, 3.8) is 0 Å². The standard InChI is InChI=1S/C18H25NO2/c1-2-3-12-21-17-11-7-8-15(13-17)14-19-18(20)16-9-5-4-6-10-16/h4-5,7-8,11,13,16H,2-3,6,9-10,12,14H2,1H3,(H,19,20)/t16-/m1/s1. The first-order valence-electron chi connectivity index (χ1n) is 7.94. The number of hydrogen-bond acceptors (Lipinski definition) is 2. The van der Waals surface area contributed by atoms with Gasteiger partial charge < -0.3 is 10.1 Å². The maximum Gasteiger partial charge on any atom is 0.223 e. The van der Waals surface area contributed by atoms with Gasteiger partial charge in [-0.2, -0.15) is 0 Å². The molecule has 114 valence electrons. The summed E-state index contributed by atoms with van der Waals surface area (Å²) in [5.74, 6) is 1.19. The number of ether oxygens (including phenoxy) is 1. The fourth-order valence-corrected chi connectivity index (χ4v) is 2.44. The number of hydrogen-bond donors (Lipinski definition) is 1. The lowest BCUT2D eigenvalue weighted by Crippen LogP contribution is -2.30. The summed E-state index contributed by atoms with van der Waals surface area (Å²) in [7, 11) is 0. The second kappa shape index (κ2) is 8.50. The number of benzene rings is 1. The molecule has 0 aliphatic heterocycles. The van der Waals surface area contributed by atoms with E-state index in [2.05, 4.69) is 24.4 Å². The van der Waals surface area contributed by atoms with Crippen LogP contribution in [-0.2, 0) is 11.3 Å². The number of allylic oxidation sites excluding steroid dienone is 2. The minimum Gasteiger partial charge on any atom is -0.494 e. The summed E-state index contributed by atoms with van der Waals surface area (Å²) in [6.45, 7) is 3.47. The van der Waals surface area contributed by atoms with E-state index in [1.807, 2.05) is 24.3 Å². The number of amides is 1. The smallest absolute Gasteiger partial charge is 0.223 e. The third-order valence-electron chi connectivity index (χ3n) is 3.77. The molecular formula is C18H25NO2. The maximum atomic E-state index is 12.1. The van der Waals surface area contributed by atoms with Crippen LogP contribution in [0, 0.1) is 5.92 Å². The Balaban J connectivity index is 1.80. The normalized spacial score (nSPS) is 17.5. The summed E-state index contributed by atoms with van der Waals surface area (Å²) in [6, 6.07) is 7.98. The zero-order chi connectivity index (χ0) is 14.9. The minimum atomic E-state index is 0.138. The molecule has 0 unspecified atom stereocenters. The molecule has 3 nitrogen and oxygen atoms in total. The number of rotatable bonds is 7. The van der Waals surface area contributed by atoms with Crippen LogP contribution in [0.5, 0.6) is 5.75 Å². The average molecular weight is 287 g/mol. The Morgan fingerprint density at radius 3 is 3.05 bits per heavy atom. The average Bonchev–Trinajstić information content (AvgIpc) is 2.54. The van der Waals surface area contributed by atoms with Gasteiger partial charge >= 0.3 is 0 Å². The first kappa shape index (κ1) is 15.6. The van der Waals surface area contributed by atoms with E-state index in [0.717, 1.165) is 50.0 Å². The van der Waals surface area contributed by atoms with Gasteiger partial charge in [-0.1, -0.05) is 37.6 Å². The summed E-state index contributed by atoms with van der Waals surface area (Å²) >= 11 is 0. The van der Waals surface area contributed by atoms with Crippen molar-refractivity contribution in [1.82, 2.24) is 5.32 Å². The summed E-state index contributed by atoms with van der Waals surface area (Å²) in [5.41, 5.74) is 1.09. The van der Waals surface area contributed by atoms with E-state index in [-0.39, 0.29) is 11.8 Å². The van der Waals surface area contributed by atoms with Crippen LogP contribution in [0.25, 0.3) is 0 Å². The van der Waals surface area contributed by atoms with E-state index in [1.54, 1.807) is 0 Å². The topological polar surface area (TPSA) is 38.3 Å². The van der Waals surface area contributed by atoms with Crippen molar-refractivity contribution in [2.45, 2.75) is 45.6 Å². The molecule has 1 aromatic carbocycles. The molecule has 0 bridgehead atoms. The lowest BCUT2D eigenvalue weighted by molar-refractivity contribution is -0.125. The summed E-state index contributed by atoms with van der Waals surface area (Å²) in [6.07, 6.45) is 9.30. The Labute approximate surface area is 127 Å². The summed E-state index contributed by atoms with van der Waals surface area (Å²) in [4.78, 5) is 12.1. The summed E-state index contributed by atoms with van der Waals surface area (Å²) < 4.78 is 5.69. The number of nitrogens with one attached hydrogen (secondary N) is 1. The largest absolute Gasteiger partial charge is 0.494 e. The molecule has 1 aliphatic rings. The molecule has 1 aliphatic carbocycles. The van der Waals surface area contributed by atoms with Crippen molar-refractivity contribution in [3.8, 4) is 5.75 Å². The molecule has 1 aromatic rings. The van der Waals surface area contributed by atoms with Gasteiger partial charge in [0.1, 0.15) is 5.75 Å². The molecule has 2 rings (SSSR count). The second-order valence-electron chi connectivity index (χ2n) is 5.55. The Bertz CT molecular complexity index is 482. The zero-order valence-electron chi connectivity index (χ0n) is 12.8. The van der Waals surface area contributed by atoms with Gasteiger partial charge in [-0.3, -0.25) is 4.79 Å². The highest BCUT2D eigenvalue weighted by Gasteiger charge is 2.17. The molecule has 0 aromatic heterocycles. The van der Waals surface area contributed by atoms with Crippen molar-refractivity contribution in [1.29, 1.82) is 0 Å². The Kier molecular flexibility index (Phi) is 6.32. The van der Waals surface area contributed by atoms with Crippen LogP contribution in [0.3, 0.4) is 0 Å². The molecule has 0 saturated heterocycles. The fourth-order valence-electron chi connectivity index (χ4n) is 2.44. The van der Waals surface area contributed by atoms with Gasteiger partial charge in [-0.05, 0) is 43.4 Å². The Morgan fingerprint density at radius 1 is 1.38 bits per heavy atom. The predicted molar refractivity (Wildman–Crippen MR) is 85.2 cm³/mol. The highest BCUT2D eigenvalue weighted by atomic mass is 16.5. The van der Waals surface area contributed by atoms with Crippen molar-refractivity contribution in [2.24, 2.45) is 5.92 Å². The van der Waals surface area contributed by atoms with Crippen LogP contribution >= 0.6 is 0 Å². The first-order chi connectivity index (χ1) is 10.3. The highest BCUT2D eigenvalue weighted by Crippen LogP contribution is 2.18. The number of unbranched alkanes of at least 4 members (excludes halogenated alkanes) is 1. The zero-order valence-corrected chi connectivity index (χ0v) is 12.8. The van der Waals surface area contributed by atoms with Crippen LogP contribution in [-0.4, -0.2) is 12.5 Å². The van der Waals surface area contributed by atoms with Crippen molar-refractivity contribution < 1.29 is 9.53 Å². The molecule has 0 fully saturated rings. The van der Waals surface area contributed by atoms with E-state index >= 15 is 0 Å². The molecule has 21 heavy (non-hydrogen) atoms. The molecule has 0 heterocycles.